The van der Waals surface area contributed by atoms with E-state index in [0.717, 1.165) is 36.4 Å². The Balaban J connectivity index is 0.00000235. The van der Waals surface area contributed by atoms with Gasteiger partial charge >= 0.3 is 12.1 Å². The van der Waals surface area contributed by atoms with Crippen molar-refractivity contribution in [1.29, 1.82) is 0 Å². The molecule has 18 heteroatoms. The number of benzene rings is 1. The number of aliphatic carboxylic acids is 1. The number of piperazine rings is 1. The zero-order chi connectivity index (χ0) is 30.0. The molecule has 45 heavy (non-hydrogen) atoms. The molecule has 0 radical (unpaired) electrons. The monoisotopic (exact) mass is 735 g/mol. The number of alkyl halides is 3. The van der Waals surface area contributed by atoms with Crippen molar-refractivity contribution in [2.75, 3.05) is 49.5 Å². The highest BCUT2D eigenvalue weighted by Gasteiger charge is 2.32. The summed E-state index contributed by atoms with van der Waals surface area (Å²) in [6.45, 7) is 5.92. The molecule has 0 amide bonds. The maximum atomic E-state index is 15.6. The van der Waals surface area contributed by atoms with Crippen LogP contribution in [0.5, 0.6) is 0 Å². The third-order valence-electron chi connectivity index (χ3n) is 7.54. The molecule has 3 aromatic rings. The molecule has 250 valence electrons. The first-order chi connectivity index (χ1) is 20.0. The van der Waals surface area contributed by atoms with Crippen LogP contribution in [0, 0.1) is 5.82 Å². The zero-order valence-corrected chi connectivity index (χ0v) is 28.0. The molecule has 2 aromatic heterocycles. The van der Waals surface area contributed by atoms with E-state index in [4.69, 9.17) is 16.7 Å². The third-order valence-corrected chi connectivity index (χ3v) is 8.72. The number of halogens is 8. The lowest BCUT2D eigenvalue weighted by atomic mass is 10.1. The van der Waals surface area contributed by atoms with Gasteiger partial charge in [-0.05, 0) is 44.5 Å². The highest BCUT2D eigenvalue weighted by Crippen LogP contribution is 2.39. The molecule has 0 spiro atoms. The van der Waals surface area contributed by atoms with Crippen LogP contribution in [0.25, 0.3) is 11.3 Å². The largest absolute Gasteiger partial charge is 0.481 e. The van der Waals surface area contributed by atoms with E-state index in [1.807, 2.05) is 4.90 Å². The Morgan fingerprint density at radius 1 is 1.11 bits per heavy atom. The number of hydrogen-bond acceptors (Lipinski definition) is 9. The molecule has 5 rings (SSSR count). The summed E-state index contributed by atoms with van der Waals surface area (Å²) in [6, 6.07) is 3.67. The summed E-state index contributed by atoms with van der Waals surface area (Å²) in [6.07, 6.45) is -1.25. The molecule has 2 saturated heterocycles. The lowest BCUT2D eigenvalue weighted by molar-refractivity contribution is -0.138. The van der Waals surface area contributed by atoms with Crippen LogP contribution < -0.4 is 10.2 Å². The summed E-state index contributed by atoms with van der Waals surface area (Å²) in [7, 11) is 0. The Bertz CT molecular complexity index is 1440. The van der Waals surface area contributed by atoms with Crippen LogP contribution >= 0.6 is 60.2 Å². The van der Waals surface area contributed by atoms with Crippen LogP contribution in [-0.2, 0) is 17.5 Å². The second-order valence-corrected chi connectivity index (χ2v) is 12.0. The number of nitrogens with one attached hydrogen (secondary N) is 1. The molecule has 2 aliphatic heterocycles. The maximum absolute atomic E-state index is 15.6. The first-order valence-corrected chi connectivity index (χ1v) is 14.8. The van der Waals surface area contributed by atoms with Gasteiger partial charge in [-0.3, -0.25) is 14.6 Å². The second-order valence-electron chi connectivity index (χ2n) is 10.4. The number of rotatable bonds is 9. The predicted octanol–water partition coefficient (Wildman–Crippen LogP) is 7.00. The molecule has 1 atom stereocenters. The minimum absolute atomic E-state index is 0. The number of anilines is 3. The molecule has 2 fully saturated rings. The fourth-order valence-corrected chi connectivity index (χ4v) is 6.49. The summed E-state index contributed by atoms with van der Waals surface area (Å²) in [5.41, 5.74) is -0.296. The Labute approximate surface area is 285 Å². The number of hydrogen-bond donors (Lipinski definition) is 2. The van der Waals surface area contributed by atoms with Crippen LogP contribution in [0.15, 0.2) is 24.5 Å². The third kappa shape index (κ3) is 9.66. The van der Waals surface area contributed by atoms with Gasteiger partial charge in [-0.15, -0.1) is 37.2 Å². The number of aromatic nitrogens is 3. The zero-order valence-electron chi connectivity index (χ0n) is 24.0. The molecule has 0 bridgehead atoms. The van der Waals surface area contributed by atoms with Crippen molar-refractivity contribution in [3.8, 4) is 11.3 Å². The van der Waals surface area contributed by atoms with Crippen molar-refractivity contribution in [2.24, 2.45) is 0 Å². The van der Waals surface area contributed by atoms with E-state index in [1.54, 1.807) is 4.90 Å². The molecule has 0 unspecified atom stereocenters. The minimum Gasteiger partial charge on any atom is -0.481 e. The van der Waals surface area contributed by atoms with Gasteiger partial charge in [0.25, 0.3) is 0 Å². The van der Waals surface area contributed by atoms with Gasteiger partial charge in [0.1, 0.15) is 6.33 Å². The van der Waals surface area contributed by atoms with Gasteiger partial charge in [0, 0.05) is 60.8 Å². The van der Waals surface area contributed by atoms with Gasteiger partial charge in [-0.25, -0.2) is 15.0 Å². The normalized spacial score (nSPS) is 17.3. The average molecular weight is 737 g/mol. The predicted molar refractivity (Wildman–Crippen MR) is 175 cm³/mol. The van der Waals surface area contributed by atoms with Crippen LogP contribution in [-0.4, -0.2) is 81.1 Å². The van der Waals surface area contributed by atoms with Gasteiger partial charge < -0.3 is 15.3 Å². The van der Waals surface area contributed by atoms with Crippen molar-refractivity contribution in [1.82, 2.24) is 24.8 Å². The summed E-state index contributed by atoms with van der Waals surface area (Å²) in [4.78, 5) is 30.4. The van der Waals surface area contributed by atoms with Crippen LogP contribution in [0.3, 0.4) is 0 Å². The number of carboxylic acid groups (broad SMARTS) is 1. The molecule has 9 nitrogen and oxygen atoms in total. The molecule has 2 aliphatic rings. The first-order valence-electron chi connectivity index (χ1n) is 13.6. The van der Waals surface area contributed by atoms with Crippen molar-refractivity contribution in [3.05, 3.63) is 45.8 Å². The van der Waals surface area contributed by atoms with Crippen molar-refractivity contribution in [3.63, 3.8) is 0 Å². The van der Waals surface area contributed by atoms with Crippen LogP contribution in [0.1, 0.15) is 36.6 Å². The number of carbonyl (C=O) groups is 1. The fourth-order valence-electron chi connectivity index (χ4n) is 5.25. The Morgan fingerprint density at radius 2 is 1.82 bits per heavy atom. The van der Waals surface area contributed by atoms with E-state index in [-0.39, 0.29) is 71.0 Å². The maximum Gasteiger partial charge on any atom is 0.416 e. The van der Waals surface area contributed by atoms with Gasteiger partial charge in [0.15, 0.2) is 16.8 Å². The molecule has 4 heterocycles. The molecular formula is C27H33Cl4F4N7O2S. The van der Waals surface area contributed by atoms with Crippen molar-refractivity contribution >= 4 is 82.9 Å². The van der Waals surface area contributed by atoms with Crippen LogP contribution in [0.2, 0.25) is 5.02 Å². The topological polar surface area (TPSA) is 97.7 Å². The van der Waals surface area contributed by atoms with Gasteiger partial charge in [0.2, 0.25) is 5.82 Å². The second kappa shape index (κ2) is 16.6. The van der Waals surface area contributed by atoms with Crippen molar-refractivity contribution in [2.45, 2.75) is 44.9 Å². The van der Waals surface area contributed by atoms with E-state index in [1.165, 1.54) is 23.7 Å². The Kier molecular flexibility index (Phi) is 14.4. The van der Waals surface area contributed by atoms with Gasteiger partial charge in [-0.1, -0.05) is 22.9 Å². The molecule has 2 N–H and O–H groups in total. The van der Waals surface area contributed by atoms with E-state index in [9.17, 15) is 18.0 Å². The fraction of sp³-hybridized carbons (Fsp3) is 0.481. The number of nitrogens with zero attached hydrogens (tertiary/aromatic N) is 6. The number of carboxylic acids is 1. The van der Waals surface area contributed by atoms with E-state index >= 15 is 4.39 Å². The molecular weight excluding hydrogens is 704 g/mol. The Morgan fingerprint density at radius 3 is 2.44 bits per heavy atom. The van der Waals surface area contributed by atoms with Crippen LogP contribution in [0.4, 0.5) is 34.3 Å². The Hall–Kier alpha value is -2.20. The quantitative estimate of drug-likeness (QED) is 0.225. The summed E-state index contributed by atoms with van der Waals surface area (Å²) in [5, 5.41) is 12.1. The minimum atomic E-state index is -4.58. The van der Waals surface area contributed by atoms with Gasteiger partial charge in [-0.2, -0.15) is 17.6 Å². The summed E-state index contributed by atoms with van der Waals surface area (Å²) < 4.78 is 56.4. The van der Waals surface area contributed by atoms with E-state index in [2.05, 4.69) is 32.1 Å². The highest BCUT2D eigenvalue weighted by atomic mass is 35.5. The molecule has 0 aliphatic carbocycles. The highest BCUT2D eigenvalue weighted by molar-refractivity contribution is 7.16. The summed E-state index contributed by atoms with van der Waals surface area (Å²) in [5.74, 6) is -1.53. The smallest absolute Gasteiger partial charge is 0.416 e. The first kappa shape index (κ1) is 39.0. The average Bonchev–Trinajstić information content (AvgIpc) is 3.53. The molecule has 0 saturated carbocycles. The lowest BCUT2D eigenvalue weighted by Gasteiger charge is -2.35. The summed E-state index contributed by atoms with van der Waals surface area (Å²) >= 11 is 7.32. The van der Waals surface area contributed by atoms with E-state index < -0.39 is 23.5 Å². The SMILES string of the molecule is C[C@@H]1CCCN1Cc1sc(Nc2ncnc(N3CCN(CCC(=O)O)CC3)c2F)nc1-c1cc(Cl)cc(C(F)(F)F)c1.Cl.Cl.Cl. The van der Waals surface area contributed by atoms with Crippen molar-refractivity contribution < 1.29 is 27.5 Å². The number of thiazole rings is 1. The van der Waals surface area contributed by atoms with E-state index in [0.29, 0.717) is 51.0 Å². The van der Waals surface area contributed by atoms with Gasteiger partial charge in [0.05, 0.1) is 17.7 Å². The molecule has 1 aromatic carbocycles. The number of likely N-dealkylation sites (tertiary alicyclic amines) is 1. The lowest BCUT2D eigenvalue weighted by Crippen LogP contribution is -2.47. The standard InChI is InChI=1S/C27H30ClF4N7O2S.3ClH/c1-16-3-2-5-39(16)14-20-23(17-11-18(27(30,31)32)13-19(28)12-17)35-26(42-20)36-24-22(29)25(34-15-33-24)38-9-7-37(8-10-38)6-4-21(40)41;;;/h11-13,15-16H,2-10,14H2,1H3,(H,40,41)(H,33,34,35,36);3*1H/t16-;;;/m1.../s1.